The third kappa shape index (κ3) is 2.19. The first-order valence-corrected chi connectivity index (χ1v) is 7.87. The van der Waals surface area contributed by atoms with Crippen molar-refractivity contribution >= 4 is 22.6 Å². The van der Waals surface area contributed by atoms with Gasteiger partial charge in [-0.2, -0.15) is 0 Å². The summed E-state index contributed by atoms with van der Waals surface area (Å²) >= 11 is 0. The number of rotatable bonds is 3. The molecule has 1 aliphatic heterocycles. The Kier molecular flexibility index (Phi) is 3.31. The quantitative estimate of drug-likeness (QED) is 0.594. The molecule has 3 aromatic rings. The van der Waals surface area contributed by atoms with Crippen LogP contribution < -0.4 is 9.81 Å². The van der Waals surface area contributed by atoms with Gasteiger partial charge in [-0.3, -0.25) is 4.40 Å². The van der Waals surface area contributed by atoms with Gasteiger partial charge in [0.05, 0.1) is 17.9 Å². The summed E-state index contributed by atoms with van der Waals surface area (Å²) in [5.74, 6) is 1.09. The third-order valence-electron chi connectivity index (χ3n) is 4.49. The van der Waals surface area contributed by atoms with Crippen molar-refractivity contribution in [3.63, 3.8) is 0 Å². The highest BCUT2D eigenvalue weighted by Gasteiger charge is 2.35. The molecule has 0 radical (unpaired) electrons. The standard InChI is InChI=1S/C15H19N8/c1-3-11-6-10(20-21-16-2)9-22(11)14-8-18-13-7-19-15-12(23(13)14)4-5-17-15/h4-5,7-8,10-11,17H,3,6,9H2,1-2H3/q+1/t10-,11+/m0/s1. The zero-order chi connectivity index (χ0) is 15.8. The zero-order valence-electron chi connectivity index (χ0n) is 13.2. The summed E-state index contributed by atoms with van der Waals surface area (Å²) in [7, 11) is 1.65. The zero-order valence-corrected chi connectivity index (χ0v) is 13.2. The van der Waals surface area contributed by atoms with Gasteiger partial charge >= 0.3 is 0 Å². The van der Waals surface area contributed by atoms with Crippen LogP contribution in [0.2, 0.25) is 0 Å². The van der Waals surface area contributed by atoms with Crippen LogP contribution >= 0.6 is 0 Å². The summed E-state index contributed by atoms with van der Waals surface area (Å²) in [4.78, 5) is 18.3. The fourth-order valence-corrected chi connectivity index (χ4v) is 3.42. The minimum absolute atomic E-state index is 0.178. The molecular weight excluding hydrogens is 292 g/mol. The van der Waals surface area contributed by atoms with Crippen molar-refractivity contribution in [2.75, 3.05) is 18.5 Å². The lowest BCUT2D eigenvalue weighted by molar-refractivity contribution is 0.607. The summed E-state index contributed by atoms with van der Waals surface area (Å²) in [5, 5.41) is 8.03. The van der Waals surface area contributed by atoms with Crippen LogP contribution in [0.25, 0.3) is 16.8 Å². The number of aromatic amines is 1. The predicted molar refractivity (Wildman–Crippen MR) is 87.6 cm³/mol. The smallest absolute Gasteiger partial charge is 0.217 e. The summed E-state index contributed by atoms with van der Waals surface area (Å²) < 4.78 is 2.16. The number of hydrogen-bond acceptors (Lipinski definition) is 5. The second-order valence-electron chi connectivity index (χ2n) is 5.79. The molecule has 8 nitrogen and oxygen atoms in total. The topological polar surface area (TPSA) is 88.0 Å². The maximum Gasteiger partial charge on any atom is 0.217 e. The van der Waals surface area contributed by atoms with Crippen LogP contribution in [0.4, 0.5) is 5.82 Å². The number of fused-ring (bicyclic) bond motifs is 3. The highest BCUT2D eigenvalue weighted by Crippen LogP contribution is 2.30. The molecule has 8 heteroatoms. The first-order valence-electron chi connectivity index (χ1n) is 7.87. The number of hydrogen-bond donors (Lipinski definition) is 1. The van der Waals surface area contributed by atoms with Gasteiger partial charge in [-0.05, 0) is 18.9 Å². The minimum Gasteiger partial charge on any atom is -0.351 e. The van der Waals surface area contributed by atoms with E-state index in [4.69, 9.17) is 0 Å². The molecular formula is C15H19N8+. The molecule has 4 rings (SSSR count). The summed E-state index contributed by atoms with van der Waals surface area (Å²) in [6.45, 7) is 3.04. The van der Waals surface area contributed by atoms with Crippen molar-refractivity contribution in [1.82, 2.24) is 24.3 Å². The van der Waals surface area contributed by atoms with E-state index < -0.39 is 0 Å². The molecule has 1 saturated heterocycles. The van der Waals surface area contributed by atoms with E-state index >= 15 is 0 Å². The summed E-state index contributed by atoms with van der Waals surface area (Å²) in [6, 6.07) is 2.64. The van der Waals surface area contributed by atoms with Gasteiger partial charge in [0.25, 0.3) is 0 Å². The average Bonchev–Trinajstić information content (AvgIpc) is 3.28. The molecule has 0 spiro atoms. The lowest BCUT2D eigenvalue weighted by Crippen LogP contribution is -2.30. The molecule has 1 aliphatic rings. The Hall–Kier alpha value is -2.73. The van der Waals surface area contributed by atoms with E-state index in [9.17, 15) is 0 Å². The Labute approximate surface area is 133 Å². The maximum absolute atomic E-state index is 4.52. The Morgan fingerprint density at radius 2 is 2.30 bits per heavy atom. The van der Waals surface area contributed by atoms with Crippen molar-refractivity contribution in [3.05, 3.63) is 24.7 Å². The molecule has 3 aromatic heterocycles. The molecule has 118 valence electrons. The molecule has 1 N–H and O–H groups in total. The molecule has 1 fully saturated rings. The highest BCUT2D eigenvalue weighted by atomic mass is 15.3. The number of nitrogens with one attached hydrogen (secondary N) is 1. The SMILES string of the molecule is CC[C@@H]1C[C@H](N=[N+]=NC)CN1c1cnc2cnc3[nH]ccc3n12. The Bertz CT molecular complexity index is 901. The van der Waals surface area contributed by atoms with E-state index in [2.05, 4.69) is 46.3 Å². The van der Waals surface area contributed by atoms with Crippen LogP contribution in [0, 0.1) is 0 Å². The molecule has 0 unspecified atom stereocenters. The monoisotopic (exact) mass is 311 g/mol. The minimum atomic E-state index is 0.178. The van der Waals surface area contributed by atoms with Crippen molar-refractivity contribution in [1.29, 1.82) is 0 Å². The van der Waals surface area contributed by atoms with Crippen LogP contribution in [0.5, 0.6) is 0 Å². The molecule has 0 aliphatic carbocycles. The predicted octanol–water partition coefficient (Wildman–Crippen LogP) is 2.17. The van der Waals surface area contributed by atoms with Crippen molar-refractivity contribution in [3.8, 4) is 0 Å². The van der Waals surface area contributed by atoms with E-state index in [0.717, 1.165) is 42.0 Å². The van der Waals surface area contributed by atoms with E-state index in [1.165, 1.54) is 0 Å². The number of nitrogens with zero attached hydrogens (tertiary/aromatic N) is 7. The summed E-state index contributed by atoms with van der Waals surface area (Å²) in [5.41, 5.74) is 2.76. The average molecular weight is 311 g/mol. The van der Waals surface area contributed by atoms with Gasteiger partial charge in [-0.15, -0.1) is 0 Å². The van der Waals surface area contributed by atoms with Gasteiger partial charge < -0.3 is 9.88 Å². The molecule has 23 heavy (non-hydrogen) atoms. The number of aromatic nitrogens is 4. The number of H-pyrrole nitrogens is 1. The highest BCUT2D eigenvalue weighted by molar-refractivity contribution is 5.77. The molecule has 0 amide bonds. The van der Waals surface area contributed by atoms with E-state index in [1.54, 1.807) is 13.2 Å². The second kappa shape index (κ2) is 5.48. The van der Waals surface area contributed by atoms with Crippen LogP contribution in [0.15, 0.2) is 34.9 Å². The molecule has 4 heterocycles. The van der Waals surface area contributed by atoms with E-state index in [-0.39, 0.29) is 6.04 Å². The second-order valence-corrected chi connectivity index (χ2v) is 5.79. The lowest BCUT2D eigenvalue weighted by Gasteiger charge is -2.24. The maximum atomic E-state index is 4.52. The van der Waals surface area contributed by atoms with E-state index in [1.807, 2.05) is 18.5 Å². The molecule has 2 atom stereocenters. The fourth-order valence-electron chi connectivity index (χ4n) is 3.42. The molecule has 0 saturated carbocycles. The number of imidazole rings is 1. The Morgan fingerprint density at radius 1 is 1.39 bits per heavy atom. The third-order valence-corrected chi connectivity index (χ3v) is 4.49. The van der Waals surface area contributed by atoms with E-state index in [0.29, 0.717) is 6.04 Å². The first-order chi connectivity index (χ1) is 11.3. The van der Waals surface area contributed by atoms with Crippen molar-refractivity contribution in [2.24, 2.45) is 10.2 Å². The van der Waals surface area contributed by atoms with Gasteiger partial charge in [0.15, 0.2) is 17.3 Å². The normalized spacial score (nSPS) is 21.0. The van der Waals surface area contributed by atoms with Crippen LogP contribution in [0.3, 0.4) is 0 Å². The number of anilines is 1. The lowest BCUT2D eigenvalue weighted by atomic mass is 10.1. The van der Waals surface area contributed by atoms with Gasteiger partial charge in [0.1, 0.15) is 23.1 Å². The van der Waals surface area contributed by atoms with Gasteiger partial charge in [0.2, 0.25) is 4.91 Å². The van der Waals surface area contributed by atoms with Gasteiger partial charge in [0, 0.05) is 18.8 Å². The molecule has 0 aromatic carbocycles. The van der Waals surface area contributed by atoms with Crippen LogP contribution in [-0.2, 0) is 0 Å². The van der Waals surface area contributed by atoms with Gasteiger partial charge in [-0.25, -0.2) is 9.97 Å². The fraction of sp³-hybridized carbons (Fsp3) is 0.467. The summed E-state index contributed by atoms with van der Waals surface area (Å²) in [6.07, 6.45) is 7.68. The van der Waals surface area contributed by atoms with Crippen LogP contribution in [-0.4, -0.2) is 45.0 Å². The Balaban J connectivity index is 1.81. The largest absolute Gasteiger partial charge is 0.351 e. The first kappa shape index (κ1) is 13.9. The van der Waals surface area contributed by atoms with Gasteiger partial charge in [-0.1, -0.05) is 6.92 Å². The molecule has 0 bridgehead atoms. The van der Waals surface area contributed by atoms with Crippen LogP contribution in [0.1, 0.15) is 19.8 Å². The van der Waals surface area contributed by atoms with Crippen molar-refractivity contribution < 1.29 is 0 Å². The Morgan fingerprint density at radius 3 is 3.13 bits per heavy atom. The van der Waals surface area contributed by atoms with Crippen molar-refractivity contribution in [2.45, 2.75) is 31.8 Å².